The van der Waals surface area contributed by atoms with Gasteiger partial charge in [0, 0.05) is 50.2 Å². The smallest absolute Gasteiger partial charge is 0.230 e. The van der Waals surface area contributed by atoms with Crippen LogP contribution in [0.15, 0.2) is 27.3 Å². The second-order valence-electron chi connectivity index (χ2n) is 9.07. The minimum absolute atomic E-state index is 0.0274. The van der Waals surface area contributed by atoms with Crippen molar-refractivity contribution >= 4 is 60.5 Å². The minimum Gasteiger partial charge on any atom is -0.507 e. The van der Waals surface area contributed by atoms with E-state index in [4.69, 9.17) is 14.2 Å². The molecule has 0 fully saturated rings. The Kier molecular flexibility index (Phi) is 4.78. The van der Waals surface area contributed by atoms with Gasteiger partial charge < -0.3 is 19.3 Å². The highest BCUT2D eigenvalue weighted by molar-refractivity contribution is 6.39. The number of rotatable bonds is 5. The number of phenols is 1. The molecule has 5 N–H and O–H groups in total. The summed E-state index contributed by atoms with van der Waals surface area (Å²) in [6, 6.07) is 2.80. The number of nitrogens with one attached hydrogen (secondary N) is 2. The Morgan fingerprint density at radius 2 is 1.41 bits per heavy atom. The molecule has 0 atom stereocenters. The van der Waals surface area contributed by atoms with Crippen molar-refractivity contribution in [1.82, 2.24) is 0 Å². The van der Waals surface area contributed by atoms with Crippen LogP contribution in [0.1, 0.15) is 18.1 Å². The van der Waals surface area contributed by atoms with Crippen LogP contribution in [0.2, 0.25) is 0 Å². The molecule has 0 heterocycles. The first kappa shape index (κ1) is 22.9. The van der Waals surface area contributed by atoms with Gasteiger partial charge in [0.1, 0.15) is 22.9 Å². The molecule has 0 saturated heterocycles. The van der Waals surface area contributed by atoms with Gasteiger partial charge in [-0.2, -0.15) is 0 Å². The molecule has 0 spiro atoms. The first-order chi connectivity index (χ1) is 17.8. The zero-order valence-electron chi connectivity index (χ0n) is 20.3. The number of ether oxygens (including phenoxy) is 3. The zero-order valence-corrected chi connectivity index (χ0v) is 20.3. The third kappa shape index (κ3) is 2.65. The minimum atomic E-state index is -0.607. The summed E-state index contributed by atoms with van der Waals surface area (Å²) in [5.41, 5.74) is 4.84. The number of anilines is 2. The Labute approximate surface area is 208 Å². The fourth-order valence-corrected chi connectivity index (χ4v) is 5.95. The number of fused-ring (bicyclic) bond motifs is 1. The SMILES string of the molecule is COc1c2c3c4c(c(NO)c(=O)c5c(O)cc(OC)c(c6c(OC)cc(NO)c(c1=O)c63)c54)C=C(C)C2. The predicted molar refractivity (Wildman–Crippen MR) is 141 cm³/mol. The molecular formula is C27H22N2O8. The average molecular weight is 502 g/mol. The van der Waals surface area contributed by atoms with Crippen molar-refractivity contribution in [2.75, 3.05) is 32.3 Å². The molecule has 10 nitrogen and oxygen atoms in total. The van der Waals surface area contributed by atoms with E-state index < -0.39 is 10.9 Å². The maximum absolute atomic E-state index is 13.8. The lowest BCUT2D eigenvalue weighted by Gasteiger charge is -2.23. The van der Waals surface area contributed by atoms with Crippen molar-refractivity contribution < 1.29 is 29.7 Å². The fourth-order valence-electron chi connectivity index (χ4n) is 5.95. The number of benzene rings is 5. The van der Waals surface area contributed by atoms with Gasteiger partial charge in [-0.25, -0.2) is 0 Å². The summed E-state index contributed by atoms with van der Waals surface area (Å²) in [6.07, 6.45) is 2.07. The van der Waals surface area contributed by atoms with E-state index in [1.54, 1.807) is 6.08 Å². The Hall–Kier alpha value is -4.54. The molecule has 0 aliphatic heterocycles. The van der Waals surface area contributed by atoms with Crippen molar-refractivity contribution in [3.05, 3.63) is 49.3 Å². The van der Waals surface area contributed by atoms with E-state index >= 15 is 0 Å². The molecule has 0 amide bonds. The summed E-state index contributed by atoms with van der Waals surface area (Å²) < 4.78 is 17.0. The molecule has 0 aromatic heterocycles. The van der Waals surface area contributed by atoms with Gasteiger partial charge in [-0.15, -0.1) is 0 Å². The van der Waals surface area contributed by atoms with Gasteiger partial charge in [-0.3, -0.25) is 31.0 Å². The summed E-state index contributed by atoms with van der Waals surface area (Å²) in [4.78, 5) is 27.5. The largest absolute Gasteiger partial charge is 0.507 e. The number of phenolic OH excluding ortho intramolecular Hbond substituents is 1. The van der Waals surface area contributed by atoms with Crippen LogP contribution in [-0.4, -0.2) is 36.9 Å². The number of hydrogen-bond donors (Lipinski definition) is 5. The first-order valence-electron chi connectivity index (χ1n) is 11.4. The molecule has 0 unspecified atom stereocenters. The van der Waals surface area contributed by atoms with Crippen LogP contribution < -0.4 is 36.0 Å². The summed E-state index contributed by atoms with van der Waals surface area (Å²) in [7, 11) is 4.28. The highest BCUT2D eigenvalue weighted by atomic mass is 16.5. The monoisotopic (exact) mass is 502 g/mol. The molecular weight excluding hydrogens is 480 g/mol. The van der Waals surface area contributed by atoms with Crippen LogP contribution in [0.25, 0.3) is 49.2 Å². The molecule has 1 aliphatic rings. The van der Waals surface area contributed by atoms with E-state index in [1.807, 2.05) is 12.4 Å². The lowest BCUT2D eigenvalue weighted by atomic mass is 9.83. The Bertz CT molecular complexity index is 1950. The van der Waals surface area contributed by atoms with Gasteiger partial charge in [-0.1, -0.05) is 11.6 Å². The van der Waals surface area contributed by atoms with Gasteiger partial charge in [0.15, 0.2) is 5.75 Å². The Balaban J connectivity index is 2.19. The van der Waals surface area contributed by atoms with Crippen LogP contribution in [0.5, 0.6) is 23.0 Å². The van der Waals surface area contributed by atoms with Crippen LogP contribution >= 0.6 is 0 Å². The quantitative estimate of drug-likeness (QED) is 0.135. The van der Waals surface area contributed by atoms with Gasteiger partial charge in [0.2, 0.25) is 10.9 Å². The van der Waals surface area contributed by atoms with Crippen LogP contribution in [0.3, 0.4) is 0 Å². The predicted octanol–water partition coefficient (Wildman–Crippen LogP) is 4.19. The first-order valence-corrected chi connectivity index (χ1v) is 11.4. The number of allylic oxidation sites excluding steroid dienone is 1. The van der Waals surface area contributed by atoms with E-state index in [1.165, 1.54) is 33.5 Å². The van der Waals surface area contributed by atoms with E-state index in [2.05, 4.69) is 5.48 Å². The van der Waals surface area contributed by atoms with Gasteiger partial charge in [0.25, 0.3) is 0 Å². The van der Waals surface area contributed by atoms with Crippen molar-refractivity contribution in [2.24, 2.45) is 0 Å². The van der Waals surface area contributed by atoms with Crippen molar-refractivity contribution in [3.8, 4) is 23.0 Å². The molecule has 10 heteroatoms. The molecule has 0 radical (unpaired) electrons. The molecule has 0 saturated carbocycles. The van der Waals surface area contributed by atoms with E-state index in [0.717, 1.165) is 5.57 Å². The van der Waals surface area contributed by atoms with Crippen molar-refractivity contribution in [1.29, 1.82) is 0 Å². The molecule has 6 rings (SSSR count). The van der Waals surface area contributed by atoms with E-state index in [9.17, 15) is 25.1 Å². The van der Waals surface area contributed by atoms with E-state index in [-0.39, 0.29) is 39.4 Å². The van der Waals surface area contributed by atoms with Crippen molar-refractivity contribution in [3.63, 3.8) is 0 Å². The fraction of sp³-hybridized carbons (Fsp3) is 0.185. The van der Waals surface area contributed by atoms with Gasteiger partial charge in [-0.05, 0) is 18.7 Å². The number of methoxy groups -OCH3 is 3. The molecule has 5 aromatic rings. The maximum Gasteiger partial charge on any atom is 0.230 e. The highest BCUT2D eigenvalue weighted by Gasteiger charge is 2.32. The lowest BCUT2D eigenvalue weighted by Crippen LogP contribution is -2.15. The van der Waals surface area contributed by atoms with Crippen LogP contribution in [-0.2, 0) is 6.42 Å². The lowest BCUT2D eigenvalue weighted by molar-refractivity contribution is 0.387. The number of hydrogen-bond acceptors (Lipinski definition) is 10. The molecule has 37 heavy (non-hydrogen) atoms. The normalized spacial score (nSPS) is 13.0. The highest BCUT2D eigenvalue weighted by Crippen LogP contribution is 2.54. The molecule has 0 bridgehead atoms. The molecule has 5 aromatic carbocycles. The van der Waals surface area contributed by atoms with Gasteiger partial charge in [0.05, 0.1) is 37.8 Å². The second-order valence-corrected chi connectivity index (χ2v) is 9.07. The standard InChI is InChI=1S/C27H22N2O8/c1-9-5-10-16-17-11(6-9)27(37-4)26(32)18-12(28-33)7-14(35-2)20(22(17)18)21-15(36-3)8-13(30)19(23(16)21)25(31)24(10)29-34/h5,7-8,28-30,33-34H,6H2,1-4H3. The molecule has 188 valence electrons. The summed E-state index contributed by atoms with van der Waals surface area (Å²) in [5, 5.41) is 34.0. The average Bonchev–Trinajstić information content (AvgIpc) is 3.04. The second kappa shape index (κ2) is 7.73. The van der Waals surface area contributed by atoms with Crippen molar-refractivity contribution in [2.45, 2.75) is 13.3 Å². The van der Waals surface area contributed by atoms with E-state index in [0.29, 0.717) is 55.6 Å². The summed E-state index contributed by atoms with van der Waals surface area (Å²) in [5.74, 6) is 0.315. The topological polar surface area (TPSA) is 147 Å². The zero-order chi connectivity index (χ0) is 26.3. The van der Waals surface area contributed by atoms with Gasteiger partial charge >= 0.3 is 0 Å². The third-order valence-corrected chi connectivity index (χ3v) is 7.29. The molecule has 1 aliphatic carbocycles. The Morgan fingerprint density at radius 1 is 0.757 bits per heavy atom. The summed E-state index contributed by atoms with van der Waals surface area (Å²) >= 11 is 0. The van der Waals surface area contributed by atoms with Crippen LogP contribution in [0, 0.1) is 0 Å². The maximum atomic E-state index is 13.8. The third-order valence-electron chi connectivity index (χ3n) is 7.29. The summed E-state index contributed by atoms with van der Waals surface area (Å²) in [6.45, 7) is 1.85. The Morgan fingerprint density at radius 3 is 2.00 bits per heavy atom. The number of aromatic hydroxyl groups is 1. The van der Waals surface area contributed by atoms with Crippen LogP contribution in [0.4, 0.5) is 11.4 Å².